The summed E-state index contributed by atoms with van der Waals surface area (Å²) in [5.41, 5.74) is 7.02. The summed E-state index contributed by atoms with van der Waals surface area (Å²) in [6, 6.07) is 50.3. The summed E-state index contributed by atoms with van der Waals surface area (Å²) in [5, 5.41) is 23.4. The number of imidazole rings is 1. The highest BCUT2D eigenvalue weighted by atomic mass is 16.5. The molecule has 8 aromatic rings. The van der Waals surface area contributed by atoms with E-state index in [1.54, 1.807) is 12.1 Å². The maximum Gasteiger partial charge on any atom is 0.337 e. The van der Waals surface area contributed by atoms with Crippen molar-refractivity contribution >= 4 is 17.0 Å². The summed E-state index contributed by atoms with van der Waals surface area (Å²) in [6.07, 6.45) is 0.460. The first-order valence-corrected chi connectivity index (χ1v) is 17.1. The molecule has 2 heterocycles. The number of para-hydroxylation sites is 1. The second-order valence-electron chi connectivity index (χ2n) is 12.4. The number of benzene rings is 6. The molecule has 9 heteroatoms. The number of aromatic nitrogens is 6. The first kappa shape index (κ1) is 32.3. The molecule has 0 bridgehead atoms. The van der Waals surface area contributed by atoms with Crippen molar-refractivity contribution in [3.05, 3.63) is 185 Å². The van der Waals surface area contributed by atoms with Crippen LogP contribution in [0, 0.1) is 0 Å². The lowest BCUT2D eigenvalue weighted by molar-refractivity contribution is 0.0699. The Morgan fingerprint density at radius 3 is 1.96 bits per heavy atom. The van der Waals surface area contributed by atoms with E-state index in [2.05, 4.69) is 63.7 Å². The van der Waals surface area contributed by atoms with Crippen LogP contribution in [0.15, 0.2) is 152 Å². The van der Waals surface area contributed by atoms with Crippen LogP contribution in [0.3, 0.4) is 0 Å². The number of aromatic amines is 1. The number of carbonyl (C=O) groups is 1. The van der Waals surface area contributed by atoms with Crippen LogP contribution in [-0.2, 0) is 12.0 Å². The molecule has 0 aliphatic carbocycles. The van der Waals surface area contributed by atoms with Gasteiger partial charge in [0.1, 0.15) is 22.6 Å². The van der Waals surface area contributed by atoms with Gasteiger partial charge in [-0.15, -0.1) is 5.10 Å². The van der Waals surface area contributed by atoms with Crippen LogP contribution in [0.4, 0.5) is 0 Å². The Bertz CT molecular complexity index is 2400. The van der Waals surface area contributed by atoms with Crippen molar-refractivity contribution in [3.63, 3.8) is 0 Å². The lowest BCUT2D eigenvalue weighted by Crippen LogP contribution is -2.39. The molecule has 52 heavy (non-hydrogen) atoms. The number of fused-ring (bicyclic) bond motifs is 1. The van der Waals surface area contributed by atoms with Crippen molar-refractivity contribution in [2.75, 3.05) is 6.61 Å². The van der Waals surface area contributed by atoms with Crippen LogP contribution in [0.2, 0.25) is 0 Å². The van der Waals surface area contributed by atoms with Gasteiger partial charge in [0.05, 0.1) is 17.7 Å². The van der Waals surface area contributed by atoms with Crippen molar-refractivity contribution in [2.45, 2.75) is 18.9 Å². The van der Waals surface area contributed by atoms with Gasteiger partial charge < -0.3 is 14.8 Å². The number of nitrogens with zero attached hydrogens (tertiary/aromatic N) is 5. The lowest BCUT2D eigenvalue weighted by atomic mass is 9.77. The zero-order chi connectivity index (χ0) is 35.5. The molecule has 0 radical (unpaired) electrons. The Labute approximate surface area is 300 Å². The molecule has 0 spiro atoms. The zero-order valence-electron chi connectivity index (χ0n) is 28.3. The minimum atomic E-state index is -1.01. The number of carboxylic acid groups (broad SMARTS) is 1. The number of ether oxygens (including phenoxy) is 1. The summed E-state index contributed by atoms with van der Waals surface area (Å²) < 4.78 is 8.23. The van der Waals surface area contributed by atoms with Crippen LogP contribution >= 0.6 is 0 Å². The highest BCUT2D eigenvalue weighted by Gasteiger charge is 2.42. The molecule has 0 saturated carbocycles. The Balaban J connectivity index is 1.27. The summed E-state index contributed by atoms with van der Waals surface area (Å²) in [4.78, 5) is 19.7. The molecule has 6 aromatic carbocycles. The largest absolute Gasteiger partial charge is 0.493 e. The van der Waals surface area contributed by atoms with E-state index in [1.807, 2.05) is 103 Å². The Hall–Kier alpha value is -6.87. The van der Waals surface area contributed by atoms with Gasteiger partial charge in [0.25, 0.3) is 0 Å². The summed E-state index contributed by atoms with van der Waals surface area (Å²) in [6.45, 7) is 2.42. The smallest absolute Gasteiger partial charge is 0.337 e. The van der Waals surface area contributed by atoms with E-state index < -0.39 is 11.5 Å². The van der Waals surface area contributed by atoms with Gasteiger partial charge in [-0.3, -0.25) is 0 Å². The molecular weight excluding hydrogens is 649 g/mol. The normalized spacial score (nSPS) is 11.5. The molecule has 0 atom stereocenters. The average molecular weight is 683 g/mol. The number of tetrazole rings is 1. The van der Waals surface area contributed by atoms with Crippen molar-refractivity contribution in [1.82, 2.24) is 30.2 Å². The van der Waals surface area contributed by atoms with Crippen LogP contribution in [-0.4, -0.2) is 47.9 Å². The molecule has 0 aliphatic rings. The Kier molecular flexibility index (Phi) is 8.58. The summed E-state index contributed by atoms with van der Waals surface area (Å²) >= 11 is 0. The molecule has 254 valence electrons. The molecule has 0 amide bonds. The third-order valence-electron chi connectivity index (χ3n) is 9.33. The third-order valence-corrected chi connectivity index (χ3v) is 9.33. The van der Waals surface area contributed by atoms with Crippen molar-refractivity contribution < 1.29 is 14.6 Å². The number of aromatic carboxylic acids is 1. The van der Waals surface area contributed by atoms with Gasteiger partial charge in [-0.25, -0.2) is 14.5 Å². The number of hydrogen-bond donors (Lipinski definition) is 2. The molecular formula is C43H34N6O3. The zero-order valence-corrected chi connectivity index (χ0v) is 28.3. The molecule has 2 aromatic heterocycles. The maximum absolute atomic E-state index is 11.8. The SMILES string of the molecule is CCOc1cc(Cc2nc3c(C(=O)O)cccc3[nH]2)ccc1-c1ccccc1-c1nnnn1C(c1ccccc1)(c1ccccc1)c1ccccc1. The first-order valence-electron chi connectivity index (χ1n) is 17.1. The maximum atomic E-state index is 11.8. The van der Waals surface area contributed by atoms with Crippen LogP contribution in [0.5, 0.6) is 5.75 Å². The average Bonchev–Trinajstić information content (AvgIpc) is 3.84. The fraction of sp³-hybridized carbons (Fsp3) is 0.0930. The number of H-pyrrole nitrogens is 1. The van der Waals surface area contributed by atoms with Crippen molar-refractivity contribution in [2.24, 2.45) is 0 Å². The Morgan fingerprint density at radius 2 is 1.35 bits per heavy atom. The van der Waals surface area contributed by atoms with Crippen LogP contribution < -0.4 is 4.74 Å². The van der Waals surface area contributed by atoms with E-state index in [9.17, 15) is 9.90 Å². The highest BCUT2D eigenvalue weighted by molar-refractivity contribution is 6.00. The summed E-state index contributed by atoms with van der Waals surface area (Å²) in [5.74, 6) is 0.951. The van der Waals surface area contributed by atoms with E-state index >= 15 is 0 Å². The molecule has 8 rings (SSSR count). The third kappa shape index (κ3) is 5.68. The predicted octanol–water partition coefficient (Wildman–Crippen LogP) is 8.41. The fourth-order valence-corrected chi connectivity index (χ4v) is 7.11. The van der Waals surface area contributed by atoms with Gasteiger partial charge in [-0.1, -0.05) is 133 Å². The molecule has 0 saturated heterocycles. The van der Waals surface area contributed by atoms with E-state index in [4.69, 9.17) is 15.0 Å². The first-order chi connectivity index (χ1) is 25.6. The molecule has 0 aliphatic heterocycles. The van der Waals surface area contributed by atoms with Crippen molar-refractivity contribution in [3.8, 4) is 28.3 Å². The monoisotopic (exact) mass is 682 g/mol. The van der Waals surface area contributed by atoms with E-state index in [0.717, 1.165) is 38.9 Å². The quantitative estimate of drug-likeness (QED) is 0.132. The number of carboxylic acids is 1. The van der Waals surface area contributed by atoms with E-state index in [1.165, 1.54) is 0 Å². The molecule has 0 fully saturated rings. The van der Waals surface area contributed by atoms with Crippen molar-refractivity contribution in [1.29, 1.82) is 0 Å². The number of nitrogens with one attached hydrogen (secondary N) is 1. The highest BCUT2D eigenvalue weighted by Crippen LogP contribution is 2.44. The number of hydrogen-bond acceptors (Lipinski definition) is 6. The topological polar surface area (TPSA) is 119 Å². The standard InChI is InChI=1S/C43H34N6O3/c1-2-52-38-27-29(28-39-44-37-24-14-23-36(42(50)51)40(37)45-39)25-26-34(38)33-21-12-13-22-35(33)41-46-47-48-49(41)43(30-15-6-3-7-16-30,31-17-8-4-9-18-31)32-19-10-5-11-20-32/h3-27H,2,28H2,1H3,(H,44,45)(H,50,51). The summed E-state index contributed by atoms with van der Waals surface area (Å²) in [7, 11) is 0. The van der Waals surface area contributed by atoms with Crippen LogP contribution in [0.1, 0.15) is 45.4 Å². The van der Waals surface area contributed by atoms with Crippen LogP contribution in [0.25, 0.3) is 33.5 Å². The molecule has 2 N–H and O–H groups in total. The minimum Gasteiger partial charge on any atom is -0.493 e. The van der Waals surface area contributed by atoms with Gasteiger partial charge in [0, 0.05) is 17.5 Å². The Morgan fingerprint density at radius 1 is 0.731 bits per heavy atom. The second-order valence-corrected chi connectivity index (χ2v) is 12.4. The number of rotatable bonds is 11. The van der Waals surface area contributed by atoms with E-state index in [-0.39, 0.29) is 5.56 Å². The van der Waals surface area contributed by atoms with Gasteiger partial charge >= 0.3 is 5.97 Å². The predicted molar refractivity (Wildman–Crippen MR) is 200 cm³/mol. The molecule has 0 unspecified atom stereocenters. The van der Waals surface area contributed by atoms with Gasteiger partial charge in [-0.05, 0) is 63.4 Å². The molecule has 9 nitrogen and oxygen atoms in total. The minimum absolute atomic E-state index is 0.167. The van der Waals surface area contributed by atoms with Gasteiger partial charge in [-0.2, -0.15) is 0 Å². The second kappa shape index (κ2) is 13.8. The fourth-order valence-electron chi connectivity index (χ4n) is 7.11. The van der Waals surface area contributed by atoms with E-state index in [0.29, 0.717) is 41.5 Å². The van der Waals surface area contributed by atoms with Gasteiger partial charge in [0.2, 0.25) is 0 Å². The lowest BCUT2D eigenvalue weighted by Gasteiger charge is -2.36. The van der Waals surface area contributed by atoms with Gasteiger partial charge in [0.15, 0.2) is 5.82 Å².